The fourth-order valence-electron chi connectivity index (χ4n) is 2.40. The monoisotopic (exact) mass is 235 g/mol. The molecule has 0 radical (unpaired) electrons. The summed E-state index contributed by atoms with van der Waals surface area (Å²) in [6, 6.07) is 4.66. The normalized spacial score (nSPS) is 24.9. The van der Waals surface area contributed by atoms with Gasteiger partial charge in [-0.05, 0) is 38.9 Å². The van der Waals surface area contributed by atoms with Gasteiger partial charge < -0.3 is 14.8 Å². The summed E-state index contributed by atoms with van der Waals surface area (Å²) in [5.74, 6) is 0. The first-order valence-electron chi connectivity index (χ1n) is 6.10. The van der Waals surface area contributed by atoms with Gasteiger partial charge in [0.1, 0.15) is 0 Å². The van der Waals surface area contributed by atoms with E-state index in [1.165, 1.54) is 22.3 Å². The van der Waals surface area contributed by atoms with Gasteiger partial charge in [-0.2, -0.15) is 0 Å². The number of hydrogen-bond donors (Lipinski definition) is 1. The molecule has 3 heteroatoms. The van der Waals surface area contributed by atoms with E-state index in [-0.39, 0.29) is 6.29 Å². The summed E-state index contributed by atoms with van der Waals surface area (Å²) in [7, 11) is 1.93. The predicted octanol–water partition coefficient (Wildman–Crippen LogP) is 2.25. The summed E-state index contributed by atoms with van der Waals surface area (Å²) in [6.07, 6.45) is -0.208. The Morgan fingerprint density at radius 1 is 1.06 bits per heavy atom. The molecule has 1 N–H and O–H groups in total. The molecule has 1 fully saturated rings. The van der Waals surface area contributed by atoms with Gasteiger partial charge in [-0.15, -0.1) is 0 Å². The second kappa shape index (κ2) is 5.17. The topological polar surface area (TPSA) is 30.5 Å². The van der Waals surface area contributed by atoms with E-state index < -0.39 is 0 Å². The van der Waals surface area contributed by atoms with Gasteiger partial charge in [0, 0.05) is 5.56 Å². The number of rotatable bonds is 2. The average Bonchev–Trinajstić information content (AvgIpc) is 2.28. The van der Waals surface area contributed by atoms with Crippen molar-refractivity contribution >= 4 is 0 Å². The minimum absolute atomic E-state index is 0.208. The van der Waals surface area contributed by atoms with Crippen molar-refractivity contribution in [3.8, 4) is 0 Å². The lowest BCUT2D eigenvalue weighted by molar-refractivity contribution is -0.194. The molecule has 1 heterocycles. The third-order valence-electron chi connectivity index (χ3n) is 3.28. The van der Waals surface area contributed by atoms with E-state index in [1.807, 2.05) is 7.05 Å². The second-order valence-corrected chi connectivity index (χ2v) is 4.80. The van der Waals surface area contributed by atoms with Gasteiger partial charge >= 0.3 is 0 Å². The fraction of sp³-hybridized carbons (Fsp3) is 0.571. The molecule has 0 bridgehead atoms. The molecular weight excluding hydrogens is 214 g/mol. The number of likely N-dealkylation sites (N-methyl/N-ethyl adjacent to an activating group) is 1. The fourth-order valence-corrected chi connectivity index (χ4v) is 2.40. The van der Waals surface area contributed by atoms with Crippen molar-refractivity contribution in [2.45, 2.75) is 33.1 Å². The van der Waals surface area contributed by atoms with Crippen LogP contribution in [0.15, 0.2) is 12.1 Å². The molecule has 0 aromatic heterocycles. The van der Waals surface area contributed by atoms with Crippen molar-refractivity contribution in [2.24, 2.45) is 0 Å². The Hall–Kier alpha value is -0.900. The van der Waals surface area contributed by atoms with Crippen molar-refractivity contribution in [3.63, 3.8) is 0 Å². The molecule has 0 amide bonds. The highest BCUT2D eigenvalue weighted by atomic mass is 16.7. The maximum atomic E-state index is 5.78. The Labute approximate surface area is 103 Å². The van der Waals surface area contributed by atoms with E-state index in [0.29, 0.717) is 19.3 Å². The summed E-state index contributed by atoms with van der Waals surface area (Å²) in [5.41, 5.74) is 4.96. The summed E-state index contributed by atoms with van der Waals surface area (Å²) < 4.78 is 11.6. The summed E-state index contributed by atoms with van der Waals surface area (Å²) in [5, 5.41) is 3.16. The van der Waals surface area contributed by atoms with Gasteiger partial charge in [0.15, 0.2) is 6.29 Å². The predicted molar refractivity (Wildman–Crippen MR) is 68.1 cm³/mol. The number of nitrogens with one attached hydrogen (secondary N) is 1. The molecule has 2 rings (SSSR count). The van der Waals surface area contributed by atoms with Crippen LogP contribution in [0.5, 0.6) is 0 Å². The van der Waals surface area contributed by atoms with Crippen LogP contribution < -0.4 is 5.32 Å². The van der Waals surface area contributed by atoms with E-state index in [1.54, 1.807) is 0 Å². The van der Waals surface area contributed by atoms with E-state index in [4.69, 9.17) is 9.47 Å². The molecule has 0 unspecified atom stereocenters. The maximum absolute atomic E-state index is 5.78. The molecule has 1 saturated heterocycles. The smallest absolute Gasteiger partial charge is 0.184 e. The van der Waals surface area contributed by atoms with E-state index >= 15 is 0 Å². The number of ether oxygens (including phenoxy) is 2. The molecule has 17 heavy (non-hydrogen) atoms. The van der Waals surface area contributed by atoms with Crippen LogP contribution in [0.1, 0.15) is 28.5 Å². The Bertz CT molecular complexity index is 372. The zero-order valence-electron chi connectivity index (χ0n) is 11.0. The second-order valence-electron chi connectivity index (χ2n) is 4.80. The van der Waals surface area contributed by atoms with E-state index in [0.717, 1.165) is 0 Å². The molecule has 94 valence electrons. The third-order valence-corrected chi connectivity index (χ3v) is 3.28. The van der Waals surface area contributed by atoms with Gasteiger partial charge in [0.2, 0.25) is 0 Å². The minimum atomic E-state index is -0.208. The van der Waals surface area contributed by atoms with Crippen LogP contribution in [0.25, 0.3) is 0 Å². The highest BCUT2D eigenvalue weighted by Crippen LogP contribution is 2.29. The van der Waals surface area contributed by atoms with Crippen LogP contribution in [0.4, 0.5) is 0 Å². The van der Waals surface area contributed by atoms with Crippen LogP contribution >= 0.6 is 0 Å². The number of benzene rings is 1. The van der Waals surface area contributed by atoms with Gasteiger partial charge in [0.25, 0.3) is 0 Å². The summed E-state index contributed by atoms with van der Waals surface area (Å²) in [6.45, 7) is 7.75. The molecule has 0 atom stereocenters. The Morgan fingerprint density at radius 3 is 2.06 bits per heavy atom. The largest absolute Gasteiger partial charge is 0.347 e. The van der Waals surface area contributed by atoms with Gasteiger partial charge in [0.05, 0.1) is 19.3 Å². The highest BCUT2D eigenvalue weighted by Gasteiger charge is 2.24. The van der Waals surface area contributed by atoms with Crippen molar-refractivity contribution in [1.29, 1.82) is 0 Å². The Kier molecular flexibility index (Phi) is 3.82. The molecular formula is C14H21NO2. The maximum Gasteiger partial charge on any atom is 0.184 e. The first kappa shape index (κ1) is 12.6. The molecule has 1 aromatic rings. The number of hydrogen-bond acceptors (Lipinski definition) is 3. The van der Waals surface area contributed by atoms with Gasteiger partial charge in [-0.3, -0.25) is 0 Å². The first-order chi connectivity index (χ1) is 8.11. The Morgan fingerprint density at radius 2 is 1.59 bits per heavy atom. The van der Waals surface area contributed by atoms with E-state index in [2.05, 4.69) is 38.2 Å². The van der Waals surface area contributed by atoms with Crippen LogP contribution in [-0.4, -0.2) is 26.3 Å². The van der Waals surface area contributed by atoms with Crippen molar-refractivity contribution in [3.05, 3.63) is 34.4 Å². The highest BCUT2D eigenvalue weighted by molar-refractivity contribution is 5.38. The summed E-state index contributed by atoms with van der Waals surface area (Å²) >= 11 is 0. The molecule has 1 aliphatic rings. The third kappa shape index (κ3) is 2.68. The van der Waals surface area contributed by atoms with Crippen molar-refractivity contribution in [2.75, 3.05) is 20.3 Å². The van der Waals surface area contributed by atoms with Gasteiger partial charge in [-0.25, -0.2) is 0 Å². The lowest BCUT2D eigenvalue weighted by Gasteiger charge is -2.31. The number of aryl methyl sites for hydroxylation is 3. The van der Waals surface area contributed by atoms with Crippen molar-refractivity contribution in [1.82, 2.24) is 5.32 Å². The first-order valence-corrected chi connectivity index (χ1v) is 6.10. The van der Waals surface area contributed by atoms with Crippen LogP contribution in [-0.2, 0) is 9.47 Å². The SMILES string of the molecule is CNC1COC(c2c(C)cc(C)cc2C)OC1. The van der Waals surface area contributed by atoms with Crippen LogP contribution in [0.2, 0.25) is 0 Å². The van der Waals surface area contributed by atoms with Crippen LogP contribution in [0.3, 0.4) is 0 Å². The standard InChI is InChI=1S/C14H21NO2/c1-9-5-10(2)13(11(3)6-9)14-16-7-12(15-4)8-17-14/h5-6,12,14-15H,7-8H2,1-4H3. The summed E-state index contributed by atoms with van der Waals surface area (Å²) in [4.78, 5) is 0. The molecule has 3 nitrogen and oxygen atoms in total. The zero-order chi connectivity index (χ0) is 12.4. The molecule has 0 spiro atoms. The minimum Gasteiger partial charge on any atom is -0.347 e. The molecule has 1 aromatic carbocycles. The lowest BCUT2D eigenvalue weighted by atomic mass is 9.99. The quantitative estimate of drug-likeness (QED) is 0.853. The van der Waals surface area contributed by atoms with Gasteiger partial charge in [-0.1, -0.05) is 17.7 Å². The zero-order valence-corrected chi connectivity index (χ0v) is 11.0. The molecule has 0 saturated carbocycles. The lowest BCUT2D eigenvalue weighted by Crippen LogP contribution is -2.40. The molecule has 0 aliphatic carbocycles. The van der Waals surface area contributed by atoms with Crippen molar-refractivity contribution < 1.29 is 9.47 Å². The Balaban J connectivity index is 2.18. The van der Waals surface area contributed by atoms with E-state index in [9.17, 15) is 0 Å². The molecule has 1 aliphatic heterocycles. The van der Waals surface area contributed by atoms with Crippen LogP contribution in [0, 0.1) is 20.8 Å². The average molecular weight is 235 g/mol.